The highest BCUT2D eigenvalue weighted by molar-refractivity contribution is 5.94. The molecule has 120 valence electrons. The third-order valence-corrected chi connectivity index (χ3v) is 4.16. The van der Waals surface area contributed by atoms with Crippen LogP contribution < -0.4 is 10.5 Å². The molecule has 0 aliphatic carbocycles. The van der Waals surface area contributed by atoms with Crippen LogP contribution in [0, 0.1) is 0 Å². The molecular formula is C17H20N4O2. The Morgan fingerprint density at radius 1 is 1.35 bits per heavy atom. The molecule has 1 fully saturated rings. The van der Waals surface area contributed by atoms with E-state index in [1.54, 1.807) is 12.3 Å². The number of carbonyl (C=O) groups excluding carboxylic acids is 1. The molecule has 2 aromatic rings. The Kier molecular flexibility index (Phi) is 4.14. The Morgan fingerprint density at radius 2 is 2.17 bits per heavy atom. The van der Waals surface area contributed by atoms with Crippen molar-refractivity contribution in [2.75, 3.05) is 25.5 Å². The van der Waals surface area contributed by atoms with Crippen LogP contribution in [-0.2, 0) is 0 Å². The summed E-state index contributed by atoms with van der Waals surface area (Å²) in [5, 5.41) is 0. The van der Waals surface area contributed by atoms with Gasteiger partial charge in [-0.05, 0) is 36.6 Å². The fourth-order valence-corrected chi connectivity index (χ4v) is 2.95. The fourth-order valence-electron chi connectivity index (χ4n) is 2.95. The van der Waals surface area contributed by atoms with E-state index >= 15 is 0 Å². The maximum atomic E-state index is 12.7. The average molecular weight is 312 g/mol. The van der Waals surface area contributed by atoms with Crippen LogP contribution in [0.1, 0.15) is 34.8 Å². The molecule has 0 bridgehead atoms. The van der Waals surface area contributed by atoms with E-state index in [4.69, 9.17) is 0 Å². The van der Waals surface area contributed by atoms with Crippen molar-refractivity contribution in [3.63, 3.8) is 0 Å². The monoisotopic (exact) mass is 312 g/mol. The van der Waals surface area contributed by atoms with Crippen molar-refractivity contribution in [2.24, 2.45) is 0 Å². The van der Waals surface area contributed by atoms with Gasteiger partial charge >= 0.3 is 0 Å². The molecule has 2 aromatic heterocycles. The Hall–Kier alpha value is -2.63. The maximum Gasteiger partial charge on any atom is 0.255 e. The molecule has 1 N–H and O–H groups in total. The van der Waals surface area contributed by atoms with E-state index in [1.807, 2.05) is 36.0 Å². The number of amides is 1. The highest BCUT2D eigenvalue weighted by Crippen LogP contribution is 2.33. The number of nitrogens with one attached hydrogen (secondary N) is 1. The molecule has 1 atom stereocenters. The molecule has 6 nitrogen and oxygen atoms in total. The summed E-state index contributed by atoms with van der Waals surface area (Å²) in [4.78, 5) is 34.6. The smallest absolute Gasteiger partial charge is 0.255 e. The molecule has 0 aromatic carbocycles. The van der Waals surface area contributed by atoms with Crippen molar-refractivity contribution >= 4 is 11.7 Å². The van der Waals surface area contributed by atoms with Crippen LogP contribution >= 0.6 is 0 Å². The second-order valence-electron chi connectivity index (χ2n) is 5.94. The lowest BCUT2D eigenvalue weighted by molar-refractivity contribution is 0.0735. The summed E-state index contributed by atoms with van der Waals surface area (Å²) < 4.78 is 0. The summed E-state index contributed by atoms with van der Waals surface area (Å²) in [6.07, 6.45) is 5.18. The highest BCUT2D eigenvalue weighted by Gasteiger charge is 2.30. The summed E-state index contributed by atoms with van der Waals surface area (Å²) in [5.74, 6) is 0.831. The van der Waals surface area contributed by atoms with Gasteiger partial charge in [0.2, 0.25) is 5.56 Å². The van der Waals surface area contributed by atoms with Crippen LogP contribution in [0.15, 0.2) is 41.5 Å². The largest absolute Gasteiger partial charge is 0.363 e. The summed E-state index contributed by atoms with van der Waals surface area (Å²) in [6.45, 7) is 0.724. The minimum atomic E-state index is -0.204. The van der Waals surface area contributed by atoms with Gasteiger partial charge in [0.05, 0.1) is 11.6 Å². The number of likely N-dealkylation sites (tertiary alicyclic amines) is 1. The van der Waals surface area contributed by atoms with E-state index in [2.05, 4.69) is 9.97 Å². The van der Waals surface area contributed by atoms with Crippen LogP contribution in [0.5, 0.6) is 0 Å². The summed E-state index contributed by atoms with van der Waals surface area (Å²) in [7, 11) is 3.90. The van der Waals surface area contributed by atoms with E-state index in [0.717, 1.165) is 30.8 Å². The van der Waals surface area contributed by atoms with Crippen molar-refractivity contribution < 1.29 is 4.79 Å². The zero-order valence-electron chi connectivity index (χ0n) is 13.3. The molecule has 6 heteroatoms. The number of pyridine rings is 2. The molecule has 0 spiro atoms. The number of H-pyrrole nitrogens is 1. The quantitative estimate of drug-likeness (QED) is 0.938. The van der Waals surface area contributed by atoms with E-state index in [-0.39, 0.29) is 17.5 Å². The lowest BCUT2D eigenvalue weighted by Crippen LogP contribution is -2.31. The molecule has 1 aliphatic heterocycles. The van der Waals surface area contributed by atoms with Crippen LogP contribution in [0.3, 0.4) is 0 Å². The minimum Gasteiger partial charge on any atom is -0.363 e. The Balaban J connectivity index is 1.88. The highest BCUT2D eigenvalue weighted by atomic mass is 16.2. The van der Waals surface area contributed by atoms with Gasteiger partial charge in [-0.3, -0.25) is 9.59 Å². The fraction of sp³-hybridized carbons (Fsp3) is 0.353. The van der Waals surface area contributed by atoms with E-state index in [9.17, 15) is 9.59 Å². The number of aromatic nitrogens is 2. The number of carbonyl (C=O) groups is 1. The third kappa shape index (κ3) is 3.11. The van der Waals surface area contributed by atoms with E-state index in [0.29, 0.717) is 5.56 Å². The van der Waals surface area contributed by atoms with Gasteiger partial charge < -0.3 is 14.8 Å². The predicted molar refractivity (Wildman–Crippen MR) is 88.6 cm³/mol. The van der Waals surface area contributed by atoms with Gasteiger partial charge in [-0.25, -0.2) is 4.98 Å². The van der Waals surface area contributed by atoms with Gasteiger partial charge in [0.25, 0.3) is 5.91 Å². The third-order valence-electron chi connectivity index (χ3n) is 4.16. The first-order valence-electron chi connectivity index (χ1n) is 7.69. The Morgan fingerprint density at radius 3 is 2.87 bits per heavy atom. The molecule has 23 heavy (non-hydrogen) atoms. The first-order valence-corrected chi connectivity index (χ1v) is 7.69. The Labute approximate surface area is 134 Å². The number of rotatable bonds is 3. The average Bonchev–Trinajstić information content (AvgIpc) is 3.04. The number of hydrogen-bond donors (Lipinski definition) is 1. The standard InChI is InChI=1S/C17H20N4O2/c1-20(2)15-10-12(7-8-18-15)14-4-3-9-21(14)17(23)13-5-6-16(22)19-11-13/h5-8,10-11,14H,3-4,9H2,1-2H3,(H,19,22). The van der Waals surface area contributed by atoms with E-state index in [1.165, 1.54) is 12.3 Å². The molecule has 0 radical (unpaired) electrons. The predicted octanol–water partition coefficient (Wildman–Crippen LogP) is 1.81. The zero-order valence-corrected chi connectivity index (χ0v) is 13.3. The molecular weight excluding hydrogens is 292 g/mol. The Bertz CT molecular complexity index is 749. The van der Waals surface area contributed by atoms with Crippen molar-refractivity contribution in [3.05, 3.63) is 58.1 Å². The SMILES string of the molecule is CN(C)c1cc(C2CCCN2C(=O)c2ccc(=O)[nH]c2)ccn1. The van der Waals surface area contributed by atoms with E-state index < -0.39 is 0 Å². The lowest BCUT2D eigenvalue weighted by atomic mass is 10.1. The van der Waals surface area contributed by atoms with Crippen LogP contribution in [0.2, 0.25) is 0 Å². The van der Waals surface area contributed by atoms with Crippen LogP contribution in [0.25, 0.3) is 0 Å². The molecule has 0 saturated carbocycles. The minimum absolute atomic E-state index is 0.0491. The van der Waals surface area contributed by atoms with Gasteiger partial charge in [-0.1, -0.05) is 0 Å². The second-order valence-corrected chi connectivity index (χ2v) is 5.94. The second kappa shape index (κ2) is 6.24. The number of nitrogens with zero attached hydrogens (tertiary/aromatic N) is 3. The molecule has 1 saturated heterocycles. The molecule has 1 amide bonds. The number of aromatic amines is 1. The molecule has 3 rings (SSSR count). The van der Waals surface area contributed by atoms with Gasteiger partial charge in [0, 0.05) is 39.1 Å². The lowest BCUT2D eigenvalue weighted by Gasteiger charge is -2.26. The zero-order chi connectivity index (χ0) is 16.4. The van der Waals surface area contributed by atoms with Gasteiger partial charge in [-0.15, -0.1) is 0 Å². The number of anilines is 1. The van der Waals surface area contributed by atoms with Crippen molar-refractivity contribution in [3.8, 4) is 0 Å². The molecule has 1 aliphatic rings. The maximum absolute atomic E-state index is 12.7. The van der Waals surface area contributed by atoms with Crippen molar-refractivity contribution in [1.29, 1.82) is 0 Å². The summed E-state index contributed by atoms with van der Waals surface area (Å²) in [6, 6.07) is 7.01. The van der Waals surface area contributed by atoms with Crippen molar-refractivity contribution in [2.45, 2.75) is 18.9 Å². The first-order chi connectivity index (χ1) is 11.1. The normalized spacial score (nSPS) is 17.3. The van der Waals surface area contributed by atoms with Crippen LogP contribution in [0.4, 0.5) is 5.82 Å². The topological polar surface area (TPSA) is 69.3 Å². The molecule has 1 unspecified atom stereocenters. The number of hydrogen-bond acceptors (Lipinski definition) is 4. The summed E-state index contributed by atoms with van der Waals surface area (Å²) in [5.41, 5.74) is 1.40. The first kappa shape index (κ1) is 15.3. The summed E-state index contributed by atoms with van der Waals surface area (Å²) >= 11 is 0. The van der Waals surface area contributed by atoms with Gasteiger partial charge in [0.1, 0.15) is 5.82 Å². The van der Waals surface area contributed by atoms with Gasteiger partial charge in [0.15, 0.2) is 0 Å². The van der Waals surface area contributed by atoms with Gasteiger partial charge in [-0.2, -0.15) is 0 Å². The molecule has 3 heterocycles. The van der Waals surface area contributed by atoms with Crippen molar-refractivity contribution in [1.82, 2.24) is 14.9 Å². The van der Waals surface area contributed by atoms with Crippen LogP contribution in [-0.4, -0.2) is 41.4 Å².